The van der Waals surface area contributed by atoms with Crippen molar-refractivity contribution in [1.82, 2.24) is 0 Å². The van der Waals surface area contributed by atoms with Crippen LogP contribution in [0.4, 0.5) is 5.69 Å². The molecule has 4 heteroatoms. The van der Waals surface area contributed by atoms with Gasteiger partial charge in [0.2, 0.25) is 0 Å². The van der Waals surface area contributed by atoms with Crippen LogP contribution in [-0.4, -0.2) is 18.5 Å². The van der Waals surface area contributed by atoms with Crippen LogP contribution in [0.1, 0.15) is 28.4 Å². The lowest BCUT2D eigenvalue weighted by Gasteiger charge is -2.21. The van der Waals surface area contributed by atoms with Crippen LogP contribution in [0.15, 0.2) is 121 Å². The van der Waals surface area contributed by atoms with Crippen molar-refractivity contribution in [2.24, 2.45) is 0 Å². The number of anilines is 1. The summed E-state index contributed by atoms with van der Waals surface area (Å²) in [6, 6.07) is 35.2. The Labute approximate surface area is 210 Å². The Morgan fingerprint density at radius 3 is 1.94 bits per heavy atom. The summed E-state index contributed by atoms with van der Waals surface area (Å²) in [4.78, 5) is 27.4. The van der Waals surface area contributed by atoms with Crippen molar-refractivity contribution in [2.75, 3.05) is 11.5 Å². The molecule has 1 aliphatic rings. The number of esters is 1. The van der Waals surface area contributed by atoms with Crippen LogP contribution in [0, 0.1) is 0 Å². The van der Waals surface area contributed by atoms with Crippen LogP contribution in [-0.2, 0) is 9.53 Å². The summed E-state index contributed by atoms with van der Waals surface area (Å²) >= 11 is 0. The van der Waals surface area contributed by atoms with E-state index in [2.05, 4.69) is 12.1 Å². The Balaban J connectivity index is 1.49. The summed E-state index contributed by atoms with van der Waals surface area (Å²) in [6.07, 6.45) is 3.76. The van der Waals surface area contributed by atoms with Gasteiger partial charge in [-0.1, -0.05) is 84.9 Å². The number of nitrogens with zero attached hydrogens (tertiary/aromatic N) is 1. The fraction of sp³-hybridized carbons (Fsp3) is 0.0625. The molecule has 0 radical (unpaired) electrons. The Morgan fingerprint density at radius 1 is 0.750 bits per heavy atom. The molecule has 36 heavy (non-hydrogen) atoms. The van der Waals surface area contributed by atoms with Gasteiger partial charge in [-0.3, -0.25) is 9.69 Å². The molecule has 0 fully saturated rings. The second-order valence-electron chi connectivity index (χ2n) is 8.39. The molecule has 0 atom stereocenters. The van der Waals surface area contributed by atoms with E-state index in [4.69, 9.17) is 4.74 Å². The molecule has 0 aromatic heterocycles. The van der Waals surface area contributed by atoms with Gasteiger partial charge in [-0.15, -0.1) is 0 Å². The van der Waals surface area contributed by atoms with Gasteiger partial charge in [0, 0.05) is 11.3 Å². The van der Waals surface area contributed by atoms with Gasteiger partial charge in [0.25, 0.3) is 5.91 Å². The van der Waals surface area contributed by atoms with Crippen molar-refractivity contribution in [2.45, 2.75) is 6.92 Å². The standard InChI is InChI=1S/C32H25NO3/c1-2-36-32(35)27-15-13-23(14-16-27)21-28-22-30(26-11-7-4-8-12-26)33(31(28)34)29-19-17-25(18-20-29)24-9-5-3-6-10-24/h3-22H,2H2,1H3/b28-21-. The van der Waals surface area contributed by atoms with Gasteiger partial charge in [0.05, 0.1) is 17.9 Å². The fourth-order valence-electron chi connectivity index (χ4n) is 4.24. The molecule has 0 spiro atoms. The van der Waals surface area contributed by atoms with Gasteiger partial charge in [0.1, 0.15) is 0 Å². The average molecular weight is 472 g/mol. The summed E-state index contributed by atoms with van der Waals surface area (Å²) in [5.74, 6) is -0.458. The molecule has 0 unspecified atom stereocenters. The minimum Gasteiger partial charge on any atom is -0.462 e. The van der Waals surface area contributed by atoms with Gasteiger partial charge >= 0.3 is 5.97 Å². The Kier molecular flexibility index (Phi) is 6.59. The third-order valence-corrected chi connectivity index (χ3v) is 6.03. The third kappa shape index (κ3) is 4.75. The monoisotopic (exact) mass is 471 g/mol. The van der Waals surface area contributed by atoms with Crippen LogP contribution < -0.4 is 4.90 Å². The van der Waals surface area contributed by atoms with E-state index in [1.807, 2.05) is 97.1 Å². The first-order valence-corrected chi connectivity index (χ1v) is 11.9. The van der Waals surface area contributed by atoms with Gasteiger partial charge < -0.3 is 4.74 Å². The SMILES string of the molecule is CCOC(=O)c1ccc(/C=C2/C=C(c3ccccc3)N(c3ccc(-c4ccccc4)cc3)C2=O)cc1. The maximum absolute atomic E-state index is 13.6. The van der Waals surface area contributed by atoms with Gasteiger partial charge in [-0.05, 0) is 65.6 Å². The van der Waals surface area contributed by atoms with Crippen LogP contribution >= 0.6 is 0 Å². The molecule has 1 heterocycles. The van der Waals surface area contributed by atoms with Crippen molar-refractivity contribution < 1.29 is 14.3 Å². The van der Waals surface area contributed by atoms with E-state index in [-0.39, 0.29) is 11.9 Å². The molecule has 4 aromatic carbocycles. The largest absolute Gasteiger partial charge is 0.462 e. The average Bonchev–Trinajstić information content (AvgIpc) is 3.26. The summed E-state index contributed by atoms with van der Waals surface area (Å²) in [6.45, 7) is 2.11. The van der Waals surface area contributed by atoms with Crippen molar-refractivity contribution in [1.29, 1.82) is 0 Å². The zero-order chi connectivity index (χ0) is 24.9. The first kappa shape index (κ1) is 23.1. The highest BCUT2D eigenvalue weighted by molar-refractivity contribution is 6.23. The number of carbonyl (C=O) groups is 2. The van der Waals surface area contributed by atoms with E-state index in [1.165, 1.54) is 0 Å². The molecule has 1 amide bonds. The van der Waals surface area contributed by atoms with Crippen molar-refractivity contribution >= 4 is 29.3 Å². The maximum Gasteiger partial charge on any atom is 0.338 e. The topological polar surface area (TPSA) is 46.6 Å². The van der Waals surface area contributed by atoms with Crippen molar-refractivity contribution in [3.63, 3.8) is 0 Å². The van der Waals surface area contributed by atoms with Gasteiger partial charge in [-0.25, -0.2) is 4.79 Å². The fourth-order valence-corrected chi connectivity index (χ4v) is 4.24. The second-order valence-corrected chi connectivity index (χ2v) is 8.39. The van der Waals surface area contributed by atoms with Gasteiger partial charge in [0.15, 0.2) is 0 Å². The lowest BCUT2D eigenvalue weighted by atomic mass is 10.0. The molecule has 0 bridgehead atoms. The van der Waals surface area contributed by atoms with E-state index >= 15 is 0 Å². The van der Waals surface area contributed by atoms with E-state index in [0.717, 1.165) is 33.6 Å². The highest BCUT2D eigenvalue weighted by Crippen LogP contribution is 2.36. The number of hydrogen-bond acceptors (Lipinski definition) is 3. The molecule has 176 valence electrons. The van der Waals surface area contributed by atoms with Crippen LogP contribution in [0.5, 0.6) is 0 Å². The minimum absolute atomic E-state index is 0.101. The number of amides is 1. The number of carbonyl (C=O) groups excluding carboxylic acids is 2. The molecule has 4 aromatic rings. The zero-order valence-electron chi connectivity index (χ0n) is 19.9. The first-order chi connectivity index (χ1) is 17.6. The van der Waals surface area contributed by atoms with Crippen LogP contribution in [0.25, 0.3) is 22.9 Å². The molecule has 5 rings (SSSR count). The molecule has 0 aliphatic carbocycles. The van der Waals surface area contributed by atoms with Crippen molar-refractivity contribution in [3.05, 3.63) is 138 Å². The quantitative estimate of drug-likeness (QED) is 0.225. The minimum atomic E-state index is -0.356. The smallest absolute Gasteiger partial charge is 0.338 e. The number of rotatable bonds is 6. The Morgan fingerprint density at radius 2 is 1.33 bits per heavy atom. The van der Waals surface area contributed by atoms with Gasteiger partial charge in [-0.2, -0.15) is 0 Å². The van der Waals surface area contributed by atoms with Crippen LogP contribution in [0.2, 0.25) is 0 Å². The first-order valence-electron chi connectivity index (χ1n) is 11.9. The van der Waals surface area contributed by atoms with E-state index in [1.54, 1.807) is 24.0 Å². The molecule has 0 saturated carbocycles. The predicted octanol–water partition coefficient (Wildman–Crippen LogP) is 7.00. The summed E-state index contributed by atoms with van der Waals surface area (Å²) in [5.41, 5.74) is 6.69. The van der Waals surface area contributed by atoms with E-state index in [0.29, 0.717) is 17.7 Å². The number of ether oxygens (including phenoxy) is 1. The number of hydrogen-bond donors (Lipinski definition) is 0. The maximum atomic E-state index is 13.6. The second kappa shape index (κ2) is 10.3. The summed E-state index contributed by atoms with van der Waals surface area (Å²) in [5, 5.41) is 0. The van der Waals surface area contributed by atoms with E-state index < -0.39 is 0 Å². The lowest BCUT2D eigenvalue weighted by Crippen LogP contribution is -2.24. The Hall–Kier alpha value is -4.70. The Bertz CT molecular complexity index is 1440. The predicted molar refractivity (Wildman–Crippen MR) is 144 cm³/mol. The molecule has 4 nitrogen and oxygen atoms in total. The van der Waals surface area contributed by atoms with Crippen LogP contribution in [0.3, 0.4) is 0 Å². The normalized spacial score (nSPS) is 14.1. The number of benzene rings is 4. The highest BCUT2D eigenvalue weighted by atomic mass is 16.5. The highest BCUT2D eigenvalue weighted by Gasteiger charge is 2.30. The third-order valence-electron chi connectivity index (χ3n) is 6.03. The zero-order valence-corrected chi connectivity index (χ0v) is 19.9. The summed E-state index contributed by atoms with van der Waals surface area (Å²) < 4.78 is 5.06. The molecular weight excluding hydrogens is 446 g/mol. The summed E-state index contributed by atoms with van der Waals surface area (Å²) in [7, 11) is 0. The lowest BCUT2D eigenvalue weighted by molar-refractivity contribution is -0.113. The molecule has 1 aliphatic heterocycles. The molecular formula is C32H25NO3. The van der Waals surface area contributed by atoms with E-state index in [9.17, 15) is 9.59 Å². The molecule has 0 saturated heterocycles. The molecule has 0 N–H and O–H groups in total. The van der Waals surface area contributed by atoms with Crippen molar-refractivity contribution in [3.8, 4) is 11.1 Å².